The number of amides is 1. The van der Waals surface area contributed by atoms with Crippen molar-refractivity contribution in [1.29, 1.82) is 0 Å². The summed E-state index contributed by atoms with van der Waals surface area (Å²) in [5, 5.41) is 5.17. The highest BCUT2D eigenvalue weighted by atomic mass is 79.9. The van der Waals surface area contributed by atoms with E-state index >= 15 is 0 Å². The molecule has 1 saturated carbocycles. The molecule has 21 heavy (non-hydrogen) atoms. The van der Waals surface area contributed by atoms with Crippen LogP contribution >= 0.6 is 15.9 Å². The average molecular weight is 375 g/mol. The van der Waals surface area contributed by atoms with Crippen LogP contribution in [0.5, 0.6) is 0 Å². The van der Waals surface area contributed by atoms with Crippen molar-refractivity contribution >= 4 is 31.9 Å². The third-order valence-electron chi connectivity index (χ3n) is 3.44. The summed E-state index contributed by atoms with van der Waals surface area (Å²) in [6, 6.07) is 4.52. The Labute approximate surface area is 133 Å². The van der Waals surface area contributed by atoms with Crippen LogP contribution in [0.3, 0.4) is 0 Å². The summed E-state index contributed by atoms with van der Waals surface area (Å²) in [4.78, 5) is 14.3. The molecule has 0 spiro atoms. The number of benzene rings is 1. The maximum atomic E-state index is 12.6. The second-order valence-corrected chi connectivity index (χ2v) is 7.77. The maximum absolute atomic E-state index is 12.6. The standard InChI is InChI=1S/C14H19BrN2O3S/c1-2-7-17(9-10-3-4-10)14(18)11-5-6-12(15)13(8-11)21(16,19)20/h5-6,8,10H,2-4,7,9H2,1H3,(H2,16,19,20). The number of carbonyl (C=O) groups excluding carboxylic acids is 1. The molecule has 0 unspecified atom stereocenters. The van der Waals surface area contributed by atoms with E-state index in [2.05, 4.69) is 15.9 Å². The molecule has 5 nitrogen and oxygen atoms in total. The van der Waals surface area contributed by atoms with Crippen LogP contribution in [-0.2, 0) is 10.0 Å². The van der Waals surface area contributed by atoms with Crippen LogP contribution in [0.1, 0.15) is 36.5 Å². The number of nitrogens with zero attached hydrogens (tertiary/aromatic N) is 1. The first-order valence-electron chi connectivity index (χ1n) is 6.94. The van der Waals surface area contributed by atoms with Crippen molar-refractivity contribution < 1.29 is 13.2 Å². The van der Waals surface area contributed by atoms with E-state index in [0.717, 1.165) is 25.8 Å². The normalized spacial score (nSPS) is 15.0. The van der Waals surface area contributed by atoms with Gasteiger partial charge in [-0.2, -0.15) is 0 Å². The number of carbonyl (C=O) groups is 1. The summed E-state index contributed by atoms with van der Waals surface area (Å²) in [5.41, 5.74) is 0.358. The average Bonchev–Trinajstić information content (AvgIpc) is 3.20. The molecule has 0 radical (unpaired) electrons. The van der Waals surface area contributed by atoms with E-state index in [9.17, 15) is 13.2 Å². The minimum absolute atomic E-state index is 0.0591. The predicted octanol–water partition coefficient (Wildman–Crippen LogP) is 2.36. The van der Waals surface area contributed by atoms with Gasteiger partial charge in [0, 0.05) is 23.1 Å². The van der Waals surface area contributed by atoms with E-state index < -0.39 is 10.0 Å². The highest BCUT2D eigenvalue weighted by molar-refractivity contribution is 9.10. The first kappa shape index (κ1) is 16.5. The van der Waals surface area contributed by atoms with E-state index in [4.69, 9.17) is 5.14 Å². The van der Waals surface area contributed by atoms with Gasteiger partial charge in [0.15, 0.2) is 0 Å². The Morgan fingerprint density at radius 1 is 1.43 bits per heavy atom. The molecule has 116 valence electrons. The molecule has 7 heteroatoms. The number of sulfonamides is 1. The van der Waals surface area contributed by atoms with E-state index in [1.807, 2.05) is 6.92 Å². The Morgan fingerprint density at radius 3 is 2.62 bits per heavy atom. The van der Waals surface area contributed by atoms with E-state index in [-0.39, 0.29) is 10.8 Å². The Hall–Kier alpha value is -0.920. The topological polar surface area (TPSA) is 80.5 Å². The lowest BCUT2D eigenvalue weighted by Gasteiger charge is -2.22. The number of primary sulfonamides is 1. The highest BCUT2D eigenvalue weighted by Gasteiger charge is 2.27. The minimum Gasteiger partial charge on any atom is -0.338 e. The smallest absolute Gasteiger partial charge is 0.253 e. The zero-order chi connectivity index (χ0) is 15.6. The zero-order valence-electron chi connectivity index (χ0n) is 11.9. The van der Waals surface area contributed by atoms with Gasteiger partial charge in [0.05, 0.1) is 4.90 Å². The molecule has 0 bridgehead atoms. The molecule has 1 fully saturated rings. The lowest BCUT2D eigenvalue weighted by Crippen LogP contribution is -2.33. The van der Waals surface area contributed by atoms with Crippen molar-refractivity contribution in [2.75, 3.05) is 13.1 Å². The van der Waals surface area contributed by atoms with Gasteiger partial charge in [0.25, 0.3) is 5.91 Å². The second-order valence-electron chi connectivity index (χ2n) is 5.38. The number of hydrogen-bond acceptors (Lipinski definition) is 3. The predicted molar refractivity (Wildman–Crippen MR) is 84.4 cm³/mol. The number of halogens is 1. The number of hydrogen-bond donors (Lipinski definition) is 1. The largest absolute Gasteiger partial charge is 0.338 e. The van der Waals surface area contributed by atoms with Gasteiger partial charge in [-0.15, -0.1) is 0 Å². The van der Waals surface area contributed by atoms with Gasteiger partial charge in [-0.1, -0.05) is 6.92 Å². The molecule has 2 N–H and O–H groups in total. The van der Waals surface area contributed by atoms with Gasteiger partial charge < -0.3 is 4.90 Å². The summed E-state index contributed by atoms with van der Waals surface area (Å²) in [6.45, 7) is 3.44. The lowest BCUT2D eigenvalue weighted by molar-refractivity contribution is 0.0747. The molecule has 0 atom stereocenters. The zero-order valence-corrected chi connectivity index (χ0v) is 14.3. The van der Waals surface area contributed by atoms with Crippen LogP contribution in [0.2, 0.25) is 0 Å². The Kier molecular flexibility index (Phi) is 5.06. The first-order chi connectivity index (χ1) is 9.82. The van der Waals surface area contributed by atoms with E-state index in [0.29, 0.717) is 22.5 Å². The molecule has 1 amide bonds. The fourth-order valence-electron chi connectivity index (χ4n) is 2.19. The van der Waals surface area contributed by atoms with Crippen molar-refractivity contribution in [1.82, 2.24) is 4.90 Å². The highest BCUT2D eigenvalue weighted by Crippen LogP contribution is 2.30. The molecule has 0 aliphatic heterocycles. The van der Waals surface area contributed by atoms with Crippen molar-refractivity contribution in [2.24, 2.45) is 11.1 Å². The summed E-state index contributed by atoms with van der Waals surface area (Å²) >= 11 is 3.15. The monoisotopic (exact) mass is 374 g/mol. The van der Waals surface area contributed by atoms with Crippen LogP contribution in [0.25, 0.3) is 0 Å². The molecular weight excluding hydrogens is 356 g/mol. The molecular formula is C14H19BrN2O3S. The fourth-order valence-corrected chi connectivity index (χ4v) is 3.75. The third kappa shape index (κ3) is 4.28. The van der Waals surface area contributed by atoms with E-state index in [1.54, 1.807) is 17.0 Å². The Balaban J connectivity index is 2.28. The molecule has 0 saturated heterocycles. The van der Waals surface area contributed by atoms with Crippen LogP contribution in [0.4, 0.5) is 0 Å². The van der Waals surface area contributed by atoms with Crippen molar-refractivity contribution in [2.45, 2.75) is 31.1 Å². The molecule has 0 aromatic heterocycles. The van der Waals surface area contributed by atoms with Gasteiger partial charge in [0.2, 0.25) is 10.0 Å². The summed E-state index contributed by atoms with van der Waals surface area (Å²) in [7, 11) is -3.86. The summed E-state index contributed by atoms with van der Waals surface area (Å²) in [6.07, 6.45) is 3.20. The van der Waals surface area contributed by atoms with Crippen LogP contribution < -0.4 is 5.14 Å². The number of rotatable bonds is 6. The number of nitrogens with two attached hydrogens (primary N) is 1. The summed E-state index contributed by atoms with van der Waals surface area (Å²) < 4.78 is 23.4. The Morgan fingerprint density at radius 2 is 2.10 bits per heavy atom. The lowest BCUT2D eigenvalue weighted by atomic mass is 10.2. The van der Waals surface area contributed by atoms with Gasteiger partial charge in [-0.3, -0.25) is 4.79 Å². The SMILES string of the molecule is CCCN(CC1CC1)C(=O)c1ccc(Br)c(S(N)(=O)=O)c1. The third-order valence-corrected chi connectivity index (χ3v) is 5.35. The molecule has 1 aromatic rings. The summed E-state index contributed by atoms with van der Waals surface area (Å²) in [5.74, 6) is 0.454. The minimum atomic E-state index is -3.86. The first-order valence-corrected chi connectivity index (χ1v) is 9.28. The van der Waals surface area contributed by atoms with E-state index in [1.165, 1.54) is 6.07 Å². The quantitative estimate of drug-likeness (QED) is 0.829. The van der Waals surface area contributed by atoms with Gasteiger partial charge in [-0.25, -0.2) is 13.6 Å². The van der Waals surface area contributed by atoms with Gasteiger partial charge >= 0.3 is 0 Å². The Bertz CT molecular complexity index is 642. The van der Waals surface area contributed by atoms with Gasteiger partial charge in [0.1, 0.15) is 0 Å². The fraction of sp³-hybridized carbons (Fsp3) is 0.500. The molecule has 0 heterocycles. The van der Waals surface area contributed by atoms with Crippen LogP contribution in [-0.4, -0.2) is 32.3 Å². The molecule has 1 aliphatic rings. The van der Waals surface area contributed by atoms with Crippen LogP contribution in [0, 0.1) is 5.92 Å². The second kappa shape index (κ2) is 6.46. The van der Waals surface area contributed by atoms with Gasteiger partial charge in [-0.05, 0) is 59.3 Å². The van der Waals surface area contributed by atoms with Crippen molar-refractivity contribution in [3.8, 4) is 0 Å². The maximum Gasteiger partial charge on any atom is 0.253 e. The van der Waals surface area contributed by atoms with Crippen molar-refractivity contribution in [3.05, 3.63) is 28.2 Å². The molecule has 1 aromatic carbocycles. The molecule has 2 rings (SSSR count). The van der Waals surface area contributed by atoms with Crippen LogP contribution in [0.15, 0.2) is 27.6 Å². The molecule has 1 aliphatic carbocycles. The van der Waals surface area contributed by atoms with Crippen molar-refractivity contribution in [3.63, 3.8) is 0 Å².